The molecule has 0 saturated carbocycles. The maximum absolute atomic E-state index is 12.2. The van der Waals surface area contributed by atoms with Crippen LogP contribution in [0.15, 0.2) is 12.3 Å². The van der Waals surface area contributed by atoms with Crippen LogP contribution in [-0.4, -0.2) is 29.3 Å². The first kappa shape index (κ1) is 18.9. The largest absolute Gasteiger partial charge is 0.451 e. The molecule has 2 heterocycles. The first-order chi connectivity index (χ1) is 12.9. The van der Waals surface area contributed by atoms with E-state index in [2.05, 4.69) is 23.3 Å². The highest BCUT2D eigenvalue weighted by molar-refractivity contribution is 7.16. The molecule has 1 amide bonds. The van der Waals surface area contributed by atoms with Crippen LogP contribution in [0.3, 0.4) is 0 Å². The Hall–Kier alpha value is -2.92. The number of thiophene rings is 1. The Kier molecular flexibility index (Phi) is 5.42. The van der Waals surface area contributed by atoms with Gasteiger partial charge in [-0.1, -0.05) is 6.92 Å². The fourth-order valence-corrected chi connectivity index (χ4v) is 4.42. The van der Waals surface area contributed by atoms with Crippen LogP contribution in [-0.2, 0) is 22.4 Å². The number of carbonyl (C=O) groups excluding carboxylic acids is 3. The molecule has 140 valence electrons. The van der Waals surface area contributed by atoms with Gasteiger partial charge in [0.2, 0.25) is 0 Å². The lowest BCUT2D eigenvalue weighted by Gasteiger charge is -2.17. The number of ketones is 1. The molecular formula is C19H19N3O4S. The summed E-state index contributed by atoms with van der Waals surface area (Å²) in [7, 11) is 0. The number of nitrogens with zero attached hydrogens (tertiary/aromatic N) is 1. The van der Waals surface area contributed by atoms with Crippen molar-refractivity contribution >= 4 is 34.0 Å². The van der Waals surface area contributed by atoms with E-state index in [4.69, 9.17) is 4.74 Å². The Morgan fingerprint density at radius 3 is 2.89 bits per heavy atom. The summed E-state index contributed by atoms with van der Waals surface area (Å²) in [5.74, 6) is -0.849. The fourth-order valence-electron chi connectivity index (χ4n) is 3.04. The topological polar surface area (TPSA) is 112 Å². The van der Waals surface area contributed by atoms with Gasteiger partial charge in [0.05, 0.1) is 5.56 Å². The second-order valence-electron chi connectivity index (χ2n) is 6.65. The van der Waals surface area contributed by atoms with E-state index < -0.39 is 18.5 Å². The molecule has 0 saturated heterocycles. The van der Waals surface area contributed by atoms with E-state index in [1.165, 1.54) is 30.5 Å². The first-order valence-electron chi connectivity index (χ1n) is 8.60. The van der Waals surface area contributed by atoms with Gasteiger partial charge in [0.25, 0.3) is 5.91 Å². The average Bonchev–Trinajstić information content (AvgIpc) is 3.23. The van der Waals surface area contributed by atoms with Gasteiger partial charge < -0.3 is 15.0 Å². The molecule has 7 nitrogen and oxygen atoms in total. The van der Waals surface area contributed by atoms with E-state index in [9.17, 15) is 19.6 Å². The summed E-state index contributed by atoms with van der Waals surface area (Å²) < 4.78 is 4.98. The van der Waals surface area contributed by atoms with Crippen molar-refractivity contribution in [3.05, 3.63) is 39.5 Å². The minimum atomic E-state index is -0.725. The van der Waals surface area contributed by atoms with Gasteiger partial charge in [-0.05, 0) is 43.7 Å². The monoisotopic (exact) mass is 385 g/mol. The van der Waals surface area contributed by atoms with Gasteiger partial charge in [0.1, 0.15) is 16.8 Å². The quantitative estimate of drug-likeness (QED) is 0.607. The van der Waals surface area contributed by atoms with Gasteiger partial charge in [0, 0.05) is 16.6 Å². The minimum Gasteiger partial charge on any atom is -0.451 e. The molecule has 8 heteroatoms. The van der Waals surface area contributed by atoms with Crippen LogP contribution in [0.4, 0.5) is 5.00 Å². The molecule has 2 aromatic rings. The zero-order chi connectivity index (χ0) is 19.6. The predicted octanol–water partition coefficient (Wildman–Crippen LogP) is 3.07. The third-order valence-electron chi connectivity index (χ3n) is 4.52. The molecule has 1 aliphatic rings. The first-order valence-corrected chi connectivity index (χ1v) is 9.41. The summed E-state index contributed by atoms with van der Waals surface area (Å²) in [6, 6.07) is 3.56. The second-order valence-corrected chi connectivity index (χ2v) is 7.76. The number of Topliss-reactive ketones (excluding diaryl/α,β-unsaturated/α-hetero) is 1. The van der Waals surface area contributed by atoms with Gasteiger partial charge in [-0.2, -0.15) is 5.26 Å². The van der Waals surface area contributed by atoms with Gasteiger partial charge in [-0.25, -0.2) is 4.79 Å². The number of fused-ring (bicyclic) bond motifs is 1. The Bertz CT molecular complexity index is 951. The van der Waals surface area contributed by atoms with Gasteiger partial charge in [0.15, 0.2) is 12.4 Å². The predicted molar refractivity (Wildman–Crippen MR) is 99.9 cm³/mol. The molecule has 0 fully saturated rings. The van der Waals surface area contributed by atoms with Crippen molar-refractivity contribution in [3.8, 4) is 6.07 Å². The summed E-state index contributed by atoms with van der Waals surface area (Å²) in [6.45, 7) is 3.08. The third kappa shape index (κ3) is 4.09. The lowest BCUT2D eigenvalue weighted by atomic mass is 9.89. The normalized spacial score (nSPS) is 15.5. The van der Waals surface area contributed by atoms with Crippen LogP contribution in [0.25, 0.3) is 0 Å². The molecule has 0 aromatic carbocycles. The summed E-state index contributed by atoms with van der Waals surface area (Å²) in [5.41, 5.74) is 2.00. The number of esters is 1. The van der Waals surface area contributed by atoms with Crippen LogP contribution >= 0.6 is 11.3 Å². The molecule has 0 radical (unpaired) electrons. The standard InChI is InChI=1S/C19H19N3O4S/c1-10-3-4-13-14(7-20)18(27-16(13)5-10)22-17(24)9-26-19(25)15-6-12(8-21-15)11(2)23/h6,8,10,21H,3-5,9H2,1-2H3,(H,22,24)/t10-/m0/s1. The minimum absolute atomic E-state index is 0.103. The van der Waals surface area contributed by atoms with Crippen molar-refractivity contribution in [3.63, 3.8) is 0 Å². The molecule has 2 N–H and O–H groups in total. The SMILES string of the molecule is CC(=O)c1c[nH]c(C(=O)OCC(=O)Nc2sc3c(c2C#N)CC[C@H](C)C3)c1. The van der Waals surface area contributed by atoms with Gasteiger partial charge >= 0.3 is 5.97 Å². The molecular weight excluding hydrogens is 366 g/mol. The highest BCUT2D eigenvalue weighted by Gasteiger charge is 2.25. The lowest BCUT2D eigenvalue weighted by molar-refractivity contribution is -0.119. The number of amides is 1. The molecule has 0 aliphatic heterocycles. The highest BCUT2D eigenvalue weighted by Crippen LogP contribution is 2.39. The molecule has 2 aromatic heterocycles. The van der Waals surface area contributed by atoms with Crippen LogP contribution in [0.5, 0.6) is 0 Å². The second kappa shape index (κ2) is 7.76. The van der Waals surface area contributed by atoms with E-state index in [1.807, 2.05) is 0 Å². The summed E-state index contributed by atoms with van der Waals surface area (Å²) in [4.78, 5) is 39.2. The third-order valence-corrected chi connectivity index (χ3v) is 5.69. The molecule has 1 atom stereocenters. The highest BCUT2D eigenvalue weighted by atomic mass is 32.1. The van der Waals surface area contributed by atoms with Crippen LogP contribution in [0.1, 0.15) is 57.1 Å². The zero-order valence-corrected chi connectivity index (χ0v) is 15.9. The Balaban J connectivity index is 1.62. The number of aromatic amines is 1. The number of ether oxygens (including phenoxy) is 1. The van der Waals surface area contributed by atoms with E-state index in [-0.39, 0.29) is 11.5 Å². The van der Waals surface area contributed by atoms with Crippen molar-refractivity contribution in [2.75, 3.05) is 11.9 Å². The van der Waals surface area contributed by atoms with Gasteiger partial charge in [-0.15, -0.1) is 11.3 Å². The van der Waals surface area contributed by atoms with E-state index >= 15 is 0 Å². The number of nitriles is 1. The number of nitrogens with one attached hydrogen (secondary N) is 2. The van der Waals surface area contributed by atoms with E-state index in [0.717, 1.165) is 29.7 Å². The molecule has 1 aliphatic carbocycles. The van der Waals surface area contributed by atoms with Crippen molar-refractivity contribution in [2.45, 2.75) is 33.1 Å². The number of rotatable bonds is 5. The molecule has 0 bridgehead atoms. The fraction of sp³-hybridized carbons (Fsp3) is 0.368. The Labute approximate surface area is 160 Å². The number of carbonyl (C=O) groups is 3. The van der Waals surface area contributed by atoms with Crippen molar-refractivity contribution < 1.29 is 19.1 Å². The van der Waals surface area contributed by atoms with Crippen molar-refractivity contribution in [1.82, 2.24) is 4.98 Å². The van der Waals surface area contributed by atoms with Crippen LogP contribution in [0, 0.1) is 17.2 Å². The molecule has 3 rings (SSSR count). The summed E-state index contributed by atoms with van der Waals surface area (Å²) in [5, 5.41) is 12.6. The smallest absolute Gasteiger partial charge is 0.355 e. The lowest BCUT2D eigenvalue weighted by Crippen LogP contribution is -2.21. The number of aromatic nitrogens is 1. The number of hydrogen-bond donors (Lipinski definition) is 2. The molecule has 0 unspecified atom stereocenters. The average molecular weight is 385 g/mol. The maximum Gasteiger partial charge on any atom is 0.355 e. The molecule has 0 spiro atoms. The molecule has 27 heavy (non-hydrogen) atoms. The van der Waals surface area contributed by atoms with Crippen molar-refractivity contribution in [2.24, 2.45) is 5.92 Å². The maximum atomic E-state index is 12.2. The summed E-state index contributed by atoms with van der Waals surface area (Å²) >= 11 is 1.42. The van der Waals surface area contributed by atoms with E-state index in [0.29, 0.717) is 22.0 Å². The Morgan fingerprint density at radius 2 is 2.22 bits per heavy atom. The Morgan fingerprint density at radius 1 is 1.44 bits per heavy atom. The number of H-pyrrole nitrogens is 1. The van der Waals surface area contributed by atoms with Crippen LogP contribution < -0.4 is 5.32 Å². The zero-order valence-electron chi connectivity index (χ0n) is 15.0. The number of hydrogen-bond acceptors (Lipinski definition) is 6. The van der Waals surface area contributed by atoms with Crippen molar-refractivity contribution in [1.29, 1.82) is 5.26 Å². The van der Waals surface area contributed by atoms with Gasteiger partial charge in [-0.3, -0.25) is 9.59 Å². The van der Waals surface area contributed by atoms with E-state index in [1.54, 1.807) is 0 Å². The number of anilines is 1. The summed E-state index contributed by atoms with van der Waals surface area (Å²) in [6.07, 6.45) is 4.19. The van der Waals surface area contributed by atoms with Crippen LogP contribution in [0.2, 0.25) is 0 Å².